The molecule has 6 rings (SSSR count). The fourth-order valence-corrected chi connectivity index (χ4v) is 6.29. The van der Waals surface area contributed by atoms with Crippen LogP contribution in [0.15, 0.2) is 72.0 Å². The predicted octanol–water partition coefficient (Wildman–Crippen LogP) is 6.08. The Morgan fingerprint density at radius 1 is 1.09 bits per heavy atom. The van der Waals surface area contributed by atoms with E-state index in [0.717, 1.165) is 60.2 Å². The van der Waals surface area contributed by atoms with Gasteiger partial charge in [-0.1, -0.05) is 30.4 Å². The van der Waals surface area contributed by atoms with E-state index in [2.05, 4.69) is 27.4 Å². The first-order valence-corrected chi connectivity index (χ1v) is 15.0. The Labute approximate surface area is 257 Å². The summed E-state index contributed by atoms with van der Waals surface area (Å²) in [7, 11) is 5.70. The van der Waals surface area contributed by atoms with Gasteiger partial charge in [-0.15, -0.1) is 0 Å². The van der Waals surface area contributed by atoms with Crippen LogP contribution in [-0.2, 0) is 16.1 Å². The number of hydrogen-bond acceptors (Lipinski definition) is 6. The van der Waals surface area contributed by atoms with Crippen LogP contribution in [0.25, 0.3) is 11.0 Å². The van der Waals surface area contributed by atoms with Crippen molar-refractivity contribution in [2.45, 2.75) is 69.5 Å². The van der Waals surface area contributed by atoms with Crippen LogP contribution in [0, 0.1) is 12.7 Å². The second kappa shape index (κ2) is 14.2. The first-order valence-electron chi connectivity index (χ1n) is 15.0. The van der Waals surface area contributed by atoms with Gasteiger partial charge in [-0.05, 0) is 75.6 Å². The van der Waals surface area contributed by atoms with Crippen molar-refractivity contribution in [1.82, 2.24) is 19.8 Å². The molecule has 2 heterocycles. The summed E-state index contributed by atoms with van der Waals surface area (Å²) in [5, 5.41) is 3.01. The van der Waals surface area contributed by atoms with E-state index in [1.807, 2.05) is 67.9 Å². The average Bonchev–Trinajstić information content (AvgIpc) is 3.56. The summed E-state index contributed by atoms with van der Waals surface area (Å²) in [5.41, 5.74) is 4.24. The Morgan fingerprint density at radius 3 is 2.48 bits per heavy atom. The largest absolute Gasteiger partial charge is 0.372 e. The number of alkyl halides is 2. The summed E-state index contributed by atoms with van der Waals surface area (Å²) in [4.78, 5) is 30.8. The fourth-order valence-electron chi connectivity index (χ4n) is 6.29. The van der Waals surface area contributed by atoms with Gasteiger partial charge in [0.25, 0.3) is 0 Å². The van der Waals surface area contributed by atoms with Crippen molar-refractivity contribution in [3.63, 3.8) is 0 Å². The molecule has 0 amide bonds. The zero-order valence-electron chi connectivity index (χ0n) is 25.9. The molecule has 7 nitrogen and oxygen atoms in total. The van der Waals surface area contributed by atoms with Crippen molar-refractivity contribution < 1.29 is 22.8 Å². The smallest absolute Gasteiger partial charge is 0.248 e. The van der Waals surface area contributed by atoms with Crippen molar-refractivity contribution in [3.8, 4) is 0 Å². The summed E-state index contributed by atoms with van der Waals surface area (Å²) in [6.45, 7) is 3.08. The molecule has 2 aromatic carbocycles. The summed E-state index contributed by atoms with van der Waals surface area (Å²) < 4.78 is 40.4. The van der Waals surface area contributed by atoms with Gasteiger partial charge in [0.2, 0.25) is 5.92 Å². The Hall–Kier alpha value is -3.92. The first kappa shape index (κ1) is 33.0. The number of nitrogens with one attached hydrogen (secondary N) is 1. The molecular weight excluding hydrogens is 567 g/mol. The molecule has 0 spiro atoms. The number of halogens is 3. The van der Waals surface area contributed by atoms with Gasteiger partial charge in [0, 0.05) is 45.2 Å². The summed E-state index contributed by atoms with van der Waals surface area (Å²) in [5.74, 6) is -1.79. The molecule has 1 aromatic heterocycles. The van der Waals surface area contributed by atoms with E-state index in [1.165, 1.54) is 17.7 Å². The number of aromatic nitrogens is 2. The molecule has 1 atom stereocenters. The molecule has 0 radical (unpaired) electrons. The molecule has 10 heteroatoms. The molecule has 1 saturated carbocycles. The minimum absolute atomic E-state index is 0.0541. The molecule has 2 aliphatic carbocycles. The predicted molar refractivity (Wildman–Crippen MR) is 168 cm³/mol. The van der Waals surface area contributed by atoms with Gasteiger partial charge in [-0.25, -0.2) is 18.2 Å². The fraction of sp³-hybridized carbons (Fsp3) is 0.441. The van der Waals surface area contributed by atoms with Crippen LogP contribution in [0.5, 0.6) is 0 Å². The van der Waals surface area contributed by atoms with Gasteiger partial charge >= 0.3 is 0 Å². The number of hydrogen-bond donors (Lipinski definition) is 1. The highest BCUT2D eigenvalue weighted by Gasteiger charge is 2.46. The zero-order valence-corrected chi connectivity index (χ0v) is 25.9. The average molecular weight is 610 g/mol. The molecule has 3 aliphatic rings. The van der Waals surface area contributed by atoms with E-state index in [9.17, 15) is 22.8 Å². The third-order valence-corrected chi connectivity index (χ3v) is 8.79. The highest BCUT2D eigenvalue weighted by molar-refractivity contribution is 5.80. The van der Waals surface area contributed by atoms with E-state index in [1.54, 1.807) is 6.07 Å². The number of aldehydes is 2. The van der Waals surface area contributed by atoms with Gasteiger partial charge < -0.3 is 29.3 Å². The number of benzene rings is 2. The topological polar surface area (TPSA) is 70.5 Å². The van der Waals surface area contributed by atoms with Gasteiger partial charge in [-0.2, -0.15) is 0 Å². The van der Waals surface area contributed by atoms with Crippen LogP contribution in [0.3, 0.4) is 0 Å². The van der Waals surface area contributed by atoms with Crippen molar-refractivity contribution in [3.05, 3.63) is 83.6 Å². The number of imidazole rings is 1. The molecule has 44 heavy (non-hydrogen) atoms. The zero-order chi connectivity index (χ0) is 31.9. The SMILES string of the molecule is CN1CC=CC2=C1C(C=O)(N(C)c1cccc(F)c1)CC2.CNC1CCC(F)(F)CC1.Cc1nc2ccccc2n1CC=O. The molecule has 0 saturated heterocycles. The number of para-hydroxylation sites is 2. The molecular formula is C34H42F3N5O2. The lowest BCUT2D eigenvalue weighted by molar-refractivity contribution is -0.111. The highest BCUT2D eigenvalue weighted by atomic mass is 19.3. The first-order chi connectivity index (χ1) is 21.0. The van der Waals surface area contributed by atoms with Gasteiger partial charge in [-0.3, -0.25) is 0 Å². The summed E-state index contributed by atoms with van der Waals surface area (Å²) >= 11 is 0. The van der Waals surface area contributed by atoms with Crippen molar-refractivity contribution in [2.24, 2.45) is 0 Å². The number of nitrogens with zero attached hydrogens (tertiary/aromatic N) is 4. The van der Waals surface area contributed by atoms with Crippen molar-refractivity contribution in [2.75, 3.05) is 32.6 Å². The number of anilines is 1. The van der Waals surface area contributed by atoms with Crippen LogP contribution in [0.2, 0.25) is 0 Å². The van der Waals surface area contributed by atoms with Gasteiger partial charge in [0.1, 0.15) is 23.5 Å². The molecule has 236 valence electrons. The van der Waals surface area contributed by atoms with E-state index < -0.39 is 11.5 Å². The maximum atomic E-state index is 13.5. The number of rotatable bonds is 6. The number of fused-ring (bicyclic) bond motifs is 1. The van der Waals surface area contributed by atoms with Gasteiger partial charge in [0.05, 0.1) is 23.3 Å². The number of carbonyl (C=O) groups is 2. The highest BCUT2D eigenvalue weighted by Crippen LogP contribution is 2.43. The second-order valence-corrected chi connectivity index (χ2v) is 11.6. The van der Waals surface area contributed by atoms with E-state index in [0.29, 0.717) is 25.4 Å². The Kier molecular flexibility index (Phi) is 10.7. The van der Waals surface area contributed by atoms with Crippen LogP contribution < -0.4 is 10.2 Å². The third-order valence-electron chi connectivity index (χ3n) is 8.79. The monoisotopic (exact) mass is 609 g/mol. The molecule has 1 fully saturated rings. The number of likely N-dealkylation sites (N-methyl/N-ethyl adjacent to an activating group) is 2. The number of aryl methyl sites for hydroxylation is 1. The van der Waals surface area contributed by atoms with Crippen LogP contribution in [0.4, 0.5) is 18.9 Å². The summed E-state index contributed by atoms with van der Waals surface area (Å²) in [6.07, 6.45) is 9.06. The summed E-state index contributed by atoms with van der Waals surface area (Å²) in [6, 6.07) is 14.5. The molecule has 1 N–H and O–H groups in total. The molecule has 0 bridgehead atoms. The molecule has 1 aliphatic heterocycles. The van der Waals surface area contributed by atoms with E-state index in [4.69, 9.17) is 0 Å². The minimum Gasteiger partial charge on any atom is -0.372 e. The van der Waals surface area contributed by atoms with Crippen molar-refractivity contribution in [1.29, 1.82) is 0 Å². The molecule has 3 aromatic rings. The molecule has 1 unspecified atom stereocenters. The lowest BCUT2D eigenvalue weighted by atomic mass is 9.92. The lowest BCUT2D eigenvalue weighted by Gasteiger charge is -2.42. The quantitative estimate of drug-likeness (QED) is 0.342. The van der Waals surface area contributed by atoms with Crippen LogP contribution in [-0.4, -0.2) is 72.2 Å². The van der Waals surface area contributed by atoms with Crippen molar-refractivity contribution >= 4 is 29.3 Å². The minimum atomic E-state index is -2.38. The number of allylic oxidation sites excluding steroid dienone is 2. The van der Waals surface area contributed by atoms with Crippen LogP contribution in [0.1, 0.15) is 44.3 Å². The van der Waals surface area contributed by atoms with Gasteiger partial charge in [0.15, 0.2) is 6.29 Å². The van der Waals surface area contributed by atoms with E-state index in [-0.39, 0.29) is 18.7 Å². The maximum Gasteiger partial charge on any atom is 0.248 e. The number of carbonyl (C=O) groups excluding carboxylic acids is 2. The Morgan fingerprint density at radius 2 is 1.82 bits per heavy atom. The Balaban J connectivity index is 0.000000164. The maximum absolute atomic E-state index is 13.5. The standard InChI is InChI=1S/C17H19FN2O.C10H10N2O.C7H13F2N/c1-19-10-4-5-13-8-9-17(12-21,16(13)19)20(2)15-7-3-6-14(18)11-15;1-8-11-9-4-2-3-5-10(9)12(8)6-7-13;1-10-6-2-4-7(8,9)5-3-6/h3-7,11-12H,8-10H2,1-2H3;2-5,7H,6H2,1H3;6,10H,2-5H2,1H3. The van der Waals surface area contributed by atoms with E-state index >= 15 is 0 Å². The lowest BCUT2D eigenvalue weighted by Crippen LogP contribution is -2.52. The Bertz CT molecular complexity index is 1510. The normalized spacial score (nSPS) is 20.8. The van der Waals surface area contributed by atoms with Crippen LogP contribution >= 0.6 is 0 Å². The second-order valence-electron chi connectivity index (χ2n) is 11.6. The third kappa shape index (κ3) is 7.23.